The molecule has 0 saturated heterocycles. The Morgan fingerprint density at radius 3 is 2.55 bits per heavy atom. The van der Waals surface area contributed by atoms with Crippen molar-refractivity contribution in [3.05, 3.63) is 53.9 Å². The first-order chi connectivity index (χ1) is 9.74. The van der Waals surface area contributed by atoms with E-state index in [1.54, 1.807) is 0 Å². The van der Waals surface area contributed by atoms with Gasteiger partial charge in [0.15, 0.2) is 0 Å². The van der Waals surface area contributed by atoms with Crippen molar-refractivity contribution < 1.29 is 0 Å². The molecule has 1 aliphatic carbocycles. The molecule has 20 heavy (non-hydrogen) atoms. The molecule has 0 amide bonds. The van der Waals surface area contributed by atoms with Gasteiger partial charge in [-0.25, -0.2) is 0 Å². The third-order valence-corrected chi connectivity index (χ3v) is 4.44. The van der Waals surface area contributed by atoms with E-state index in [-0.39, 0.29) is 0 Å². The Hall–Kier alpha value is -1.61. The minimum Gasteiger partial charge on any atom is -0.313 e. The number of rotatable bonds is 6. The SMILES string of the molecule is CCNC(Cc1ccn(C)n1)C1(c2ccccc2)CC1. The highest BCUT2D eigenvalue weighted by Crippen LogP contribution is 2.51. The molecule has 106 valence electrons. The van der Waals surface area contributed by atoms with Gasteiger partial charge >= 0.3 is 0 Å². The molecule has 0 spiro atoms. The Bertz CT molecular complexity index is 555. The molecule has 1 atom stereocenters. The molecule has 1 aliphatic rings. The first-order valence-corrected chi connectivity index (χ1v) is 7.52. The first-order valence-electron chi connectivity index (χ1n) is 7.52. The van der Waals surface area contributed by atoms with Crippen molar-refractivity contribution >= 4 is 0 Å². The maximum atomic E-state index is 4.54. The lowest BCUT2D eigenvalue weighted by Crippen LogP contribution is -2.41. The van der Waals surface area contributed by atoms with Gasteiger partial charge in [-0.2, -0.15) is 5.10 Å². The average molecular weight is 269 g/mol. The van der Waals surface area contributed by atoms with E-state index in [1.165, 1.54) is 24.1 Å². The van der Waals surface area contributed by atoms with Crippen molar-refractivity contribution in [1.82, 2.24) is 15.1 Å². The summed E-state index contributed by atoms with van der Waals surface area (Å²) in [5, 5.41) is 8.24. The number of likely N-dealkylation sites (N-methyl/N-ethyl adjacent to an activating group) is 1. The molecule has 1 unspecified atom stereocenters. The van der Waals surface area contributed by atoms with Gasteiger partial charge in [0.25, 0.3) is 0 Å². The minimum absolute atomic E-state index is 0.314. The molecule has 2 aromatic rings. The van der Waals surface area contributed by atoms with E-state index in [1.807, 2.05) is 17.9 Å². The standard InChI is InChI=1S/C17H23N3/c1-3-18-16(13-15-9-12-20(2)19-15)17(10-11-17)14-7-5-4-6-8-14/h4-9,12,16,18H,3,10-11,13H2,1-2H3. The third kappa shape index (κ3) is 2.50. The second kappa shape index (κ2) is 5.41. The van der Waals surface area contributed by atoms with Crippen molar-refractivity contribution in [1.29, 1.82) is 0 Å². The van der Waals surface area contributed by atoms with E-state index < -0.39 is 0 Å². The molecule has 3 nitrogen and oxygen atoms in total. The van der Waals surface area contributed by atoms with E-state index in [0.717, 1.165) is 13.0 Å². The smallest absolute Gasteiger partial charge is 0.0640 e. The van der Waals surface area contributed by atoms with Crippen LogP contribution in [0.1, 0.15) is 31.0 Å². The number of nitrogens with zero attached hydrogens (tertiary/aromatic N) is 2. The van der Waals surface area contributed by atoms with E-state index in [0.29, 0.717) is 11.5 Å². The summed E-state index contributed by atoms with van der Waals surface area (Å²) in [6.07, 6.45) is 5.59. The number of aromatic nitrogens is 2. The highest BCUT2D eigenvalue weighted by atomic mass is 15.2. The average Bonchev–Trinajstić information content (AvgIpc) is 3.18. The van der Waals surface area contributed by atoms with Crippen LogP contribution >= 0.6 is 0 Å². The minimum atomic E-state index is 0.314. The lowest BCUT2D eigenvalue weighted by atomic mass is 9.85. The molecule has 1 N–H and O–H groups in total. The predicted octanol–water partition coefficient (Wildman–Crippen LogP) is 2.67. The van der Waals surface area contributed by atoms with Crippen molar-refractivity contribution in [2.24, 2.45) is 7.05 Å². The summed E-state index contributed by atoms with van der Waals surface area (Å²) in [6, 6.07) is 13.6. The van der Waals surface area contributed by atoms with Gasteiger partial charge < -0.3 is 5.32 Å². The summed E-state index contributed by atoms with van der Waals surface area (Å²) in [7, 11) is 1.98. The molecule has 0 bridgehead atoms. The van der Waals surface area contributed by atoms with E-state index in [2.05, 4.69) is 53.7 Å². The molecular formula is C17H23N3. The zero-order chi connectivity index (χ0) is 14.0. The monoisotopic (exact) mass is 269 g/mol. The number of nitrogens with one attached hydrogen (secondary N) is 1. The topological polar surface area (TPSA) is 29.9 Å². The summed E-state index contributed by atoms with van der Waals surface area (Å²) >= 11 is 0. The van der Waals surface area contributed by atoms with Crippen LogP contribution in [0.5, 0.6) is 0 Å². The van der Waals surface area contributed by atoms with E-state index in [9.17, 15) is 0 Å². The number of hydrogen-bond acceptors (Lipinski definition) is 2. The van der Waals surface area contributed by atoms with Gasteiger partial charge in [0.2, 0.25) is 0 Å². The zero-order valence-electron chi connectivity index (χ0n) is 12.3. The predicted molar refractivity (Wildman–Crippen MR) is 81.7 cm³/mol. The van der Waals surface area contributed by atoms with E-state index >= 15 is 0 Å². The van der Waals surface area contributed by atoms with Crippen LogP contribution in [0.4, 0.5) is 0 Å². The second-order valence-corrected chi connectivity index (χ2v) is 5.82. The largest absolute Gasteiger partial charge is 0.313 e. The fourth-order valence-electron chi connectivity index (χ4n) is 3.23. The molecule has 0 radical (unpaired) electrons. The van der Waals surface area contributed by atoms with Gasteiger partial charge in [-0.1, -0.05) is 37.3 Å². The Kier molecular flexibility index (Phi) is 3.62. The van der Waals surface area contributed by atoms with Gasteiger partial charge in [-0.05, 0) is 31.0 Å². The molecule has 1 aromatic carbocycles. The molecule has 0 aliphatic heterocycles. The van der Waals surface area contributed by atoms with Gasteiger partial charge in [-0.3, -0.25) is 4.68 Å². The zero-order valence-corrected chi connectivity index (χ0v) is 12.3. The molecule has 3 heteroatoms. The number of benzene rings is 1. The maximum absolute atomic E-state index is 4.54. The molecule has 1 heterocycles. The molecule has 1 fully saturated rings. The molecular weight excluding hydrogens is 246 g/mol. The Morgan fingerprint density at radius 2 is 2.00 bits per heavy atom. The Morgan fingerprint density at radius 1 is 1.25 bits per heavy atom. The van der Waals surface area contributed by atoms with E-state index in [4.69, 9.17) is 0 Å². The van der Waals surface area contributed by atoms with Crippen molar-refractivity contribution in [2.45, 2.75) is 37.6 Å². The fourth-order valence-corrected chi connectivity index (χ4v) is 3.23. The van der Waals surface area contributed by atoms with Crippen LogP contribution < -0.4 is 5.32 Å². The maximum Gasteiger partial charge on any atom is 0.0640 e. The normalized spacial score (nSPS) is 17.9. The summed E-state index contributed by atoms with van der Waals surface area (Å²) in [5.41, 5.74) is 2.97. The third-order valence-electron chi connectivity index (χ3n) is 4.44. The summed E-state index contributed by atoms with van der Waals surface area (Å²) in [4.78, 5) is 0. The highest BCUT2D eigenvalue weighted by molar-refractivity contribution is 5.34. The van der Waals surface area contributed by atoms with Crippen LogP contribution in [0.25, 0.3) is 0 Å². The summed E-state index contributed by atoms with van der Waals surface area (Å²) in [5.74, 6) is 0. The van der Waals surface area contributed by atoms with Crippen LogP contribution in [0.15, 0.2) is 42.6 Å². The molecule has 1 saturated carbocycles. The number of hydrogen-bond donors (Lipinski definition) is 1. The lowest BCUT2D eigenvalue weighted by molar-refractivity contribution is 0.417. The van der Waals surface area contributed by atoms with Gasteiger partial charge in [0, 0.05) is 31.1 Å². The molecule has 3 rings (SSSR count). The Labute approximate surface area is 121 Å². The van der Waals surface area contributed by atoms with Gasteiger partial charge in [-0.15, -0.1) is 0 Å². The quantitative estimate of drug-likeness (QED) is 0.874. The lowest BCUT2D eigenvalue weighted by Gasteiger charge is -2.28. The van der Waals surface area contributed by atoms with Gasteiger partial charge in [0.1, 0.15) is 0 Å². The highest BCUT2D eigenvalue weighted by Gasteiger charge is 2.50. The van der Waals surface area contributed by atoms with Crippen LogP contribution in [-0.4, -0.2) is 22.4 Å². The first kappa shape index (κ1) is 13.4. The van der Waals surface area contributed by atoms with Crippen molar-refractivity contribution in [2.75, 3.05) is 6.54 Å². The number of aryl methyl sites for hydroxylation is 1. The van der Waals surface area contributed by atoms with Crippen LogP contribution in [0.3, 0.4) is 0 Å². The van der Waals surface area contributed by atoms with Crippen LogP contribution in [-0.2, 0) is 18.9 Å². The second-order valence-electron chi connectivity index (χ2n) is 5.82. The summed E-state index contributed by atoms with van der Waals surface area (Å²) in [6.45, 7) is 3.19. The molecule has 1 aromatic heterocycles. The van der Waals surface area contributed by atoms with Crippen molar-refractivity contribution in [3.63, 3.8) is 0 Å². The Balaban J connectivity index is 1.83. The fraction of sp³-hybridized carbons (Fsp3) is 0.471. The van der Waals surface area contributed by atoms with Crippen molar-refractivity contribution in [3.8, 4) is 0 Å². The van der Waals surface area contributed by atoms with Crippen LogP contribution in [0, 0.1) is 0 Å². The van der Waals surface area contributed by atoms with Gasteiger partial charge in [0.05, 0.1) is 5.69 Å². The van der Waals surface area contributed by atoms with Crippen LogP contribution in [0.2, 0.25) is 0 Å². The summed E-state index contributed by atoms with van der Waals surface area (Å²) < 4.78 is 1.89.